The third-order valence-corrected chi connectivity index (χ3v) is 6.57. The number of ether oxygens (including phenoxy) is 2. The minimum Gasteiger partial charge on any atom is -0.482 e. The summed E-state index contributed by atoms with van der Waals surface area (Å²) in [5, 5.41) is 3.92. The lowest BCUT2D eigenvalue weighted by Crippen LogP contribution is -2.39. The van der Waals surface area contributed by atoms with E-state index in [2.05, 4.69) is 15.3 Å². The number of carbonyl (C=O) groups excluding carboxylic acids is 2. The lowest BCUT2D eigenvalue weighted by molar-refractivity contribution is -0.142. The van der Waals surface area contributed by atoms with Gasteiger partial charge in [-0.1, -0.05) is 48.0 Å². The second-order valence-electron chi connectivity index (χ2n) is 7.39. The lowest BCUT2D eigenvalue weighted by Gasteiger charge is -2.23. The Morgan fingerprint density at radius 3 is 2.40 bits per heavy atom. The van der Waals surface area contributed by atoms with E-state index in [-0.39, 0.29) is 11.5 Å². The molecule has 0 atom stereocenters. The fourth-order valence-electron chi connectivity index (χ4n) is 2.98. The maximum absolute atomic E-state index is 13.3. The van der Waals surface area contributed by atoms with Crippen LogP contribution in [0.5, 0.6) is 5.75 Å². The van der Waals surface area contributed by atoms with Gasteiger partial charge in [0.25, 0.3) is 15.9 Å². The molecular formula is C25H25N3O6S. The van der Waals surface area contributed by atoms with Crippen LogP contribution in [-0.4, -0.2) is 46.8 Å². The first-order valence-electron chi connectivity index (χ1n) is 10.6. The highest BCUT2D eigenvalue weighted by Crippen LogP contribution is 2.23. The number of methoxy groups -OCH3 is 1. The summed E-state index contributed by atoms with van der Waals surface area (Å²) in [6, 6.07) is 21.4. The van der Waals surface area contributed by atoms with Gasteiger partial charge < -0.3 is 9.47 Å². The van der Waals surface area contributed by atoms with Crippen LogP contribution < -0.4 is 14.5 Å². The molecule has 9 nitrogen and oxygen atoms in total. The molecule has 1 amide bonds. The van der Waals surface area contributed by atoms with Crippen molar-refractivity contribution >= 4 is 33.8 Å². The molecule has 0 heterocycles. The second kappa shape index (κ2) is 11.8. The fourth-order valence-corrected chi connectivity index (χ4v) is 4.42. The standard InChI is InChI=1S/C25H25N3O6S/c1-19-11-13-21(14-12-19)28(35(31,32)23-9-4-3-5-10-23)17-24(29)27-26-16-20-7-6-8-22(15-20)34-18-25(30)33-2/h3-16H,17-18H2,1-2H3,(H,27,29)/b26-16-. The largest absolute Gasteiger partial charge is 0.482 e. The van der Waals surface area contributed by atoms with Gasteiger partial charge in [-0.05, 0) is 48.9 Å². The van der Waals surface area contributed by atoms with Gasteiger partial charge >= 0.3 is 5.97 Å². The van der Waals surface area contributed by atoms with Crippen LogP contribution in [0.15, 0.2) is 88.9 Å². The van der Waals surface area contributed by atoms with Crippen LogP contribution in [0.1, 0.15) is 11.1 Å². The highest BCUT2D eigenvalue weighted by molar-refractivity contribution is 7.92. The average Bonchev–Trinajstić information content (AvgIpc) is 2.87. The number of carbonyl (C=O) groups is 2. The molecule has 10 heteroatoms. The van der Waals surface area contributed by atoms with Crippen molar-refractivity contribution in [1.29, 1.82) is 0 Å². The Morgan fingerprint density at radius 2 is 1.71 bits per heavy atom. The summed E-state index contributed by atoms with van der Waals surface area (Å²) in [6.07, 6.45) is 1.38. The predicted octanol–water partition coefficient (Wildman–Crippen LogP) is 2.89. The zero-order valence-corrected chi connectivity index (χ0v) is 20.1. The van der Waals surface area contributed by atoms with Crippen molar-refractivity contribution < 1.29 is 27.5 Å². The summed E-state index contributed by atoms with van der Waals surface area (Å²) >= 11 is 0. The van der Waals surface area contributed by atoms with E-state index in [0.29, 0.717) is 17.0 Å². The minimum atomic E-state index is -3.99. The van der Waals surface area contributed by atoms with Gasteiger partial charge in [-0.3, -0.25) is 9.10 Å². The molecule has 1 N–H and O–H groups in total. The van der Waals surface area contributed by atoms with Crippen LogP contribution in [0.4, 0.5) is 5.69 Å². The molecule has 0 unspecified atom stereocenters. The number of anilines is 1. The normalized spacial score (nSPS) is 11.1. The summed E-state index contributed by atoms with van der Waals surface area (Å²) in [6.45, 7) is 1.18. The number of amides is 1. The van der Waals surface area contributed by atoms with Crippen LogP contribution in [-0.2, 0) is 24.3 Å². The number of hydrogen-bond acceptors (Lipinski definition) is 7. The van der Waals surface area contributed by atoms with Crippen LogP contribution in [0, 0.1) is 6.92 Å². The van der Waals surface area contributed by atoms with Crippen molar-refractivity contribution in [1.82, 2.24) is 5.43 Å². The van der Waals surface area contributed by atoms with Gasteiger partial charge in [0.2, 0.25) is 0 Å². The summed E-state index contributed by atoms with van der Waals surface area (Å²) < 4.78 is 37.4. The molecule has 0 aliphatic rings. The number of benzene rings is 3. The molecule has 182 valence electrons. The van der Waals surface area contributed by atoms with Gasteiger partial charge in [-0.15, -0.1) is 0 Å². The molecule has 0 saturated carbocycles. The van der Waals surface area contributed by atoms with E-state index < -0.39 is 28.4 Å². The molecule has 3 aromatic rings. The Kier molecular flexibility index (Phi) is 8.58. The molecule has 3 rings (SSSR count). The first kappa shape index (κ1) is 25.4. The summed E-state index contributed by atoms with van der Waals surface area (Å²) in [7, 11) is -2.73. The van der Waals surface area contributed by atoms with Crippen LogP contribution >= 0.6 is 0 Å². The molecule has 35 heavy (non-hydrogen) atoms. The second-order valence-corrected chi connectivity index (χ2v) is 9.25. The lowest BCUT2D eigenvalue weighted by atomic mass is 10.2. The zero-order chi connectivity index (χ0) is 25.3. The number of esters is 1. The van der Waals surface area contributed by atoms with E-state index in [9.17, 15) is 18.0 Å². The smallest absolute Gasteiger partial charge is 0.343 e. The maximum atomic E-state index is 13.3. The SMILES string of the molecule is COC(=O)COc1cccc(/C=N\NC(=O)CN(c2ccc(C)cc2)S(=O)(=O)c2ccccc2)c1. The highest BCUT2D eigenvalue weighted by atomic mass is 32.2. The predicted molar refractivity (Wildman–Crippen MR) is 132 cm³/mol. The Morgan fingerprint density at radius 1 is 1.00 bits per heavy atom. The molecule has 0 bridgehead atoms. The Bertz CT molecular complexity index is 1290. The molecule has 0 radical (unpaired) electrons. The van der Waals surface area contributed by atoms with Crippen LogP contribution in [0.3, 0.4) is 0 Å². The number of hydrazone groups is 1. The molecule has 0 aliphatic heterocycles. The molecule has 0 saturated heterocycles. The van der Waals surface area contributed by atoms with Gasteiger partial charge in [0.05, 0.1) is 23.9 Å². The van der Waals surface area contributed by atoms with Gasteiger partial charge in [0.1, 0.15) is 12.3 Å². The van der Waals surface area contributed by atoms with Gasteiger partial charge in [0.15, 0.2) is 6.61 Å². The first-order chi connectivity index (χ1) is 16.8. The quantitative estimate of drug-likeness (QED) is 0.263. The van der Waals surface area contributed by atoms with E-state index in [1.165, 1.54) is 25.5 Å². The topological polar surface area (TPSA) is 114 Å². The van der Waals surface area contributed by atoms with Crippen molar-refractivity contribution in [3.63, 3.8) is 0 Å². The van der Waals surface area contributed by atoms with Gasteiger partial charge in [0, 0.05) is 0 Å². The third-order valence-electron chi connectivity index (χ3n) is 4.79. The molecule has 0 aromatic heterocycles. The average molecular weight is 496 g/mol. The third kappa shape index (κ3) is 7.15. The maximum Gasteiger partial charge on any atom is 0.343 e. The molecule has 0 spiro atoms. The van der Waals surface area contributed by atoms with Gasteiger partial charge in [-0.2, -0.15) is 5.10 Å². The van der Waals surface area contributed by atoms with Crippen molar-refractivity contribution in [2.45, 2.75) is 11.8 Å². The monoisotopic (exact) mass is 495 g/mol. The molecule has 0 aliphatic carbocycles. The number of sulfonamides is 1. The summed E-state index contributed by atoms with van der Waals surface area (Å²) in [5.74, 6) is -0.718. The van der Waals surface area contributed by atoms with Crippen LogP contribution in [0.25, 0.3) is 0 Å². The highest BCUT2D eigenvalue weighted by Gasteiger charge is 2.27. The van der Waals surface area contributed by atoms with Crippen molar-refractivity contribution in [3.05, 3.63) is 90.0 Å². The van der Waals surface area contributed by atoms with Crippen molar-refractivity contribution in [3.8, 4) is 5.75 Å². The van der Waals surface area contributed by atoms with E-state index in [1.54, 1.807) is 66.7 Å². The number of aryl methyl sites for hydroxylation is 1. The molecule has 0 fully saturated rings. The van der Waals surface area contributed by atoms with Gasteiger partial charge in [-0.25, -0.2) is 18.6 Å². The molecular weight excluding hydrogens is 470 g/mol. The molecule has 3 aromatic carbocycles. The van der Waals surface area contributed by atoms with E-state index in [0.717, 1.165) is 9.87 Å². The Balaban J connectivity index is 1.72. The van der Waals surface area contributed by atoms with E-state index in [1.807, 2.05) is 6.92 Å². The Labute approximate surface area is 204 Å². The Hall–Kier alpha value is -4.18. The minimum absolute atomic E-state index is 0.0700. The van der Waals surface area contributed by atoms with Crippen molar-refractivity contribution in [2.75, 3.05) is 24.6 Å². The van der Waals surface area contributed by atoms with E-state index >= 15 is 0 Å². The summed E-state index contributed by atoms with van der Waals surface area (Å²) in [4.78, 5) is 23.9. The first-order valence-corrected chi connectivity index (χ1v) is 12.0. The number of nitrogens with one attached hydrogen (secondary N) is 1. The summed E-state index contributed by atoms with van der Waals surface area (Å²) in [5.41, 5.74) is 4.26. The zero-order valence-electron chi connectivity index (χ0n) is 19.2. The number of rotatable bonds is 10. The number of hydrogen-bond donors (Lipinski definition) is 1. The fraction of sp³-hybridized carbons (Fsp3) is 0.160. The van der Waals surface area contributed by atoms with Crippen LogP contribution in [0.2, 0.25) is 0 Å². The van der Waals surface area contributed by atoms with Crippen molar-refractivity contribution in [2.24, 2.45) is 5.10 Å². The van der Waals surface area contributed by atoms with E-state index in [4.69, 9.17) is 4.74 Å². The number of nitrogens with zero attached hydrogens (tertiary/aromatic N) is 2.